The van der Waals surface area contributed by atoms with E-state index in [0.717, 1.165) is 6.42 Å². The molecule has 0 radical (unpaired) electrons. The van der Waals surface area contributed by atoms with Crippen LogP contribution in [0.15, 0.2) is 24.8 Å². The summed E-state index contributed by atoms with van der Waals surface area (Å²) in [5, 5.41) is 0. The highest BCUT2D eigenvalue weighted by molar-refractivity contribution is 4.77. The highest BCUT2D eigenvalue weighted by Crippen LogP contribution is 1.96. The minimum atomic E-state index is 0.300. The Bertz CT molecular complexity index is 105. The summed E-state index contributed by atoms with van der Waals surface area (Å²) < 4.78 is 5.36. The van der Waals surface area contributed by atoms with Gasteiger partial charge in [0, 0.05) is 0 Å². The van der Waals surface area contributed by atoms with Gasteiger partial charge in [-0.05, 0) is 20.3 Å². The second kappa shape index (κ2) is 6.56. The molecular weight excluding hydrogens is 124 g/mol. The Labute approximate surface area is 63.4 Å². The van der Waals surface area contributed by atoms with Crippen LogP contribution in [-0.4, -0.2) is 12.7 Å². The van der Waals surface area contributed by atoms with Crippen LogP contribution in [0.5, 0.6) is 0 Å². The van der Waals surface area contributed by atoms with Gasteiger partial charge in [0.15, 0.2) is 0 Å². The molecule has 0 aromatic carbocycles. The molecule has 0 rings (SSSR count). The number of hydrogen-bond acceptors (Lipinski definition) is 1. The summed E-state index contributed by atoms with van der Waals surface area (Å²) in [5.41, 5.74) is 0. The molecule has 1 heteroatoms. The SMILES string of the molecule is C=CCC(C)OC/C=C/C. The lowest BCUT2D eigenvalue weighted by molar-refractivity contribution is 0.0907. The summed E-state index contributed by atoms with van der Waals surface area (Å²) in [7, 11) is 0. The van der Waals surface area contributed by atoms with Gasteiger partial charge in [0.05, 0.1) is 12.7 Å². The van der Waals surface area contributed by atoms with Crippen molar-refractivity contribution in [1.29, 1.82) is 0 Å². The van der Waals surface area contributed by atoms with Gasteiger partial charge >= 0.3 is 0 Å². The standard InChI is InChI=1S/C9H16O/c1-4-6-8-10-9(3)7-5-2/h4-6,9H,2,7-8H2,1,3H3/b6-4+. The average molecular weight is 140 g/mol. The van der Waals surface area contributed by atoms with E-state index < -0.39 is 0 Å². The van der Waals surface area contributed by atoms with Gasteiger partial charge in [0.1, 0.15) is 0 Å². The maximum atomic E-state index is 5.36. The molecule has 0 spiro atoms. The predicted octanol–water partition coefficient (Wildman–Crippen LogP) is 2.54. The van der Waals surface area contributed by atoms with E-state index in [1.807, 2.05) is 32.1 Å². The Hall–Kier alpha value is -0.560. The normalized spacial score (nSPS) is 13.8. The molecule has 0 heterocycles. The molecule has 0 bridgehead atoms. The molecule has 0 fully saturated rings. The Morgan fingerprint density at radius 1 is 1.60 bits per heavy atom. The first-order valence-electron chi connectivity index (χ1n) is 3.65. The Morgan fingerprint density at radius 2 is 2.30 bits per heavy atom. The topological polar surface area (TPSA) is 9.23 Å². The Morgan fingerprint density at radius 3 is 2.80 bits per heavy atom. The molecule has 0 aromatic rings. The smallest absolute Gasteiger partial charge is 0.0651 e. The van der Waals surface area contributed by atoms with Crippen LogP contribution >= 0.6 is 0 Å². The van der Waals surface area contributed by atoms with Crippen LogP contribution in [0.3, 0.4) is 0 Å². The zero-order chi connectivity index (χ0) is 7.82. The van der Waals surface area contributed by atoms with Crippen LogP contribution in [0.1, 0.15) is 20.3 Å². The molecule has 0 N–H and O–H groups in total. The lowest BCUT2D eigenvalue weighted by atomic mass is 10.3. The highest BCUT2D eigenvalue weighted by atomic mass is 16.5. The quantitative estimate of drug-likeness (QED) is 0.533. The first-order valence-corrected chi connectivity index (χ1v) is 3.65. The van der Waals surface area contributed by atoms with Crippen LogP contribution in [0, 0.1) is 0 Å². The average Bonchev–Trinajstić information content (AvgIpc) is 1.89. The lowest BCUT2D eigenvalue weighted by Gasteiger charge is -2.07. The number of allylic oxidation sites excluding steroid dienone is 1. The van der Waals surface area contributed by atoms with E-state index in [1.54, 1.807) is 0 Å². The van der Waals surface area contributed by atoms with Gasteiger partial charge in [-0.15, -0.1) is 6.58 Å². The summed E-state index contributed by atoms with van der Waals surface area (Å²) in [6.45, 7) is 8.38. The molecule has 0 aliphatic carbocycles. The molecule has 10 heavy (non-hydrogen) atoms. The molecule has 0 aliphatic heterocycles. The van der Waals surface area contributed by atoms with Crippen LogP contribution in [0.25, 0.3) is 0 Å². The largest absolute Gasteiger partial charge is 0.374 e. The molecule has 1 unspecified atom stereocenters. The first-order chi connectivity index (χ1) is 4.81. The van der Waals surface area contributed by atoms with Crippen molar-refractivity contribution in [2.75, 3.05) is 6.61 Å². The van der Waals surface area contributed by atoms with Gasteiger partial charge in [-0.3, -0.25) is 0 Å². The fraction of sp³-hybridized carbons (Fsp3) is 0.556. The predicted molar refractivity (Wildman–Crippen MR) is 45.0 cm³/mol. The van der Waals surface area contributed by atoms with Crippen molar-refractivity contribution in [1.82, 2.24) is 0 Å². The van der Waals surface area contributed by atoms with E-state index in [-0.39, 0.29) is 0 Å². The fourth-order valence-corrected chi connectivity index (χ4v) is 0.619. The molecular formula is C9H16O. The van der Waals surface area contributed by atoms with E-state index in [1.165, 1.54) is 0 Å². The molecule has 58 valence electrons. The van der Waals surface area contributed by atoms with Gasteiger partial charge in [-0.1, -0.05) is 18.2 Å². The van der Waals surface area contributed by atoms with Crippen molar-refractivity contribution in [3.05, 3.63) is 24.8 Å². The maximum Gasteiger partial charge on any atom is 0.0651 e. The maximum absolute atomic E-state index is 5.36. The van der Waals surface area contributed by atoms with Gasteiger partial charge in [-0.2, -0.15) is 0 Å². The van der Waals surface area contributed by atoms with Crippen LogP contribution in [0.4, 0.5) is 0 Å². The highest BCUT2D eigenvalue weighted by Gasteiger charge is 1.94. The van der Waals surface area contributed by atoms with Crippen molar-refractivity contribution in [2.45, 2.75) is 26.4 Å². The molecule has 0 saturated heterocycles. The minimum absolute atomic E-state index is 0.300. The van der Waals surface area contributed by atoms with Gasteiger partial charge in [-0.25, -0.2) is 0 Å². The van der Waals surface area contributed by atoms with E-state index in [4.69, 9.17) is 4.74 Å². The third-order valence-corrected chi connectivity index (χ3v) is 1.21. The molecule has 1 atom stereocenters. The second-order valence-electron chi connectivity index (χ2n) is 2.24. The molecule has 0 amide bonds. The van der Waals surface area contributed by atoms with E-state index >= 15 is 0 Å². The minimum Gasteiger partial charge on any atom is -0.374 e. The van der Waals surface area contributed by atoms with Gasteiger partial charge in [0.2, 0.25) is 0 Å². The fourth-order valence-electron chi connectivity index (χ4n) is 0.619. The third-order valence-electron chi connectivity index (χ3n) is 1.21. The van der Waals surface area contributed by atoms with Crippen molar-refractivity contribution in [3.63, 3.8) is 0 Å². The summed E-state index contributed by atoms with van der Waals surface area (Å²) in [6, 6.07) is 0. The summed E-state index contributed by atoms with van der Waals surface area (Å²) in [5.74, 6) is 0. The van der Waals surface area contributed by atoms with Crippen LogP contribution in [0.2, 0.25) is 0 Å². The Balaban J connectivity index is 3.20. The molecule has 1 nitrogen and oxygen atoms in total. The van der Waals surface area contributed by atoms with Crippen LogP contribution in [-0.2, 0) is 4.74 Å². The zero-order valence-corrected chi connectivity index (χ0v) is 6.84. The summed E-state index contributed by atoms with van der Waals surface area (Å²) >= 11 is 0. The number of ether oxygens (including phenoxy) is 1. The van der Waals surface area contributed by atoms with Crippen molar-refractivity contribution < 1.29 is 4.74 Å². The van der Waals surface area contributed by atoms with E-state index in [2.05, 4.69) is 6.58 Å². The summed E-state index contributed by atoms with van der Waals surface area (Å²) in [4.78, 5) is 0. The monoisotopic (exact) mass is 140 g/mol. The first kappa shape index (κ1) is 9.44. The van der Waals surface area contributed by atoms with E-state index in [0.29, 0.717) is 12.7 Å². The number of rotatable bonds is 5. The molecule has 0 aromatic heterocycles. The number of hydrogen-bond donors (Lipinski definition) is 0. The van der Waals surface area contributed by atoms with Crippen molar-refractivity contribution >= 4 is 0 Å². The van der Waals surface area contributed by atoms with Crippen molar-refractivity contribution in [3.8, 4) is 0 Å². The molecule has 0 aliphatic rings. The zero-order valence-electron chi connectivity index (χ0n) is 6.84. The van der Waals surface area contributed by atoms with Crippen molar-refractivity contribution in [2.24, 2.45) is 0 Å². The third kappa shape index (κ3) is 5.57. The van der Waals surface area contributed by atoms with Crippen LogP contribution < -0.4 is 0 Å². The second-order valence-corrected chi connectivity index (χ2v) is 2.24. The lowest BCUT2D eigenvalue weighted by Crippen LogP contribution is -2.06. The van der Waals surface area contributed by atoms with Gasteiger partial charge in [0.25, 0.3) is 0 Å². The molecule has 0 saturated carbocycles. The Kier molecular flexibility index (Phi) is 6.19. The summed E-state index contributed by atoms with van der Waals surface area (Å²) in [6.07, 6.45) is 7.09. The van der Waals surface area contributed by atoms with Gasteiger partial charge < -0.3 is 4.74 Å². The van der Waals surface area contributed by atoms with E-state index in [9.17, 15) is 0 Å².